The molecule has 0 radical (unpaired) electrons. The largest absolute Gasteiger partial charge is 0.458 e. The number of ether oxygens (including phenoxy) is 1. The van der Waals surface area contributed by atoms with Crippen LogP contribution in [0.3, 0.4) is 0 Å². The molecule has 0 aromatic carbocycles. The van der Waals surface area contributed by atoms with Gasteiger partial charge in [-0.15, -0.1) is 0 Å². The molecule has 0 rings (SSSR count). The predicted molar refractivity (Wildman–Crippen MR) is 80.6 cm³/mol. The fourth-order valence-electron chi connectivity index (χ4n) is 1.54. The third-order valence-corrected chi connectivity index (χ3v) is 2.59. The Bertz CT molecular complexity index is 361. The molecule has 0 saturated carbocycles. The van der Waals surface area contributed by atoms with Gasteiger partial charge in [0, 0.05) is 6.42 Å². The SMILES string of the molecule is CCCCCC(=O)NCC(=O)NC(C)C(=O)OC(C)(C)C. The van der Waals surface area contributed by atoms with E-state index in [2.05, 4.69) is 17.6 Å². The van der Waals surface area contributed by atoms with Crippen molar-refractivity contribution in [2.24, 2.45) is 0 Å². The molecule has 0 aliphatic heterocycles. The van der Waals surface area contributed by atoms with Crippen molar-refractivity contribution in [3.63, 3.8) is 0 Å². The minimum atomic E-state index is -0.742. The summed E-state index contributed by atoms with van der Waals surface area (Å²) in [5.41, 5.74) is -0.594. The Morgan fingerprint density at radius 2 is 1.71 bits per heavy atom. The second-order valence-electron chi connectivity index (χ2n) is 6.06. The maximum atomic E-state index is 11.7. The number of nitrogens with one attached hydrogen (secondary N) is 2. The van der Waals surface area contributed by atoms with Crippen LogP contribution in [0.5, 0.6) is 0 Å². The van der Waals surface area contributed by atoms with Crippen molar-refractivity contribution in [2.75, 3.05) is 6.54 Å². The number of rotatable bonds is 8. The van der Waals surface area contributed by atoms with Gasteiger partial charge in [0.1, 0.15) is 11.6 Å². The van der Waals surface area contributed by atoms with Crippen molar-refractivity contribution in [3.8, 4) is 0 Å². The standard InChI is InChI=1S/C15H28N2O4/c1-6-7-8-9-12(18)16-10-13(19)17-11(2)14(20)21-15(3,4)5/h11H,6-10H2,1-5H3,(H,16,18)(H,17,19). The van der Waals surface area contributed by atoms with Gasteiger partial charge in [-0.25, -0.2) is 4.79 Å². The third-order valence-electron chi connectivity index (χ3n) is 2.59. The van der Waals surface area contributed by atoms with E-state index in [4.69, 9.17) is 4.74 Å². The Hall–Kier alpha value is -1.59. The van der Waals surface area contributed by atoms with Crippen molar-refractivity contribution < 1.29 is 19.1 Å². The van der Waals surface area contributed by atoms with Crippen molar-refractivity contribution in [3.05, 3.63) is 0 Å². The second-order valence-corrected chi connectivity index (χ2v) is 6.06. The summed E-state index contributed by atoms with van der Waals surface area (Å²) in [6.07, 6.45) is 3.28. The van der Waals surface area contributed by atoms with Crippen LogP contribution in [0.2, 0.25) is 0 Å². The number of hydrogen-bond donors (Lipinski definition) is 2. The Labute approximate surface area is 127 Å². The lowest BCUT2D eigenvalue weighted by Crippen LogP contribution is -2.46. The number of esters is 1. The van der Waals surface area contributed by atoms with Gasteiger partial charge in [-0.3, -0.25) is 9.59 Å². The van der Waals surface area contributed by atoms with Crippen LogP contribution >= 0.6 is 0 Å². The summed E-state index contributed by atoms with van der Waals surface area (Å²) >= 11 is 0. The maximum absolute atomic E-state index is 11.7. The van der Waals surface area contributed by atoms with Crippen molar-refractivity contribution in [1.82, 2.24) is 10.6 Å². The lowest BCUT2D eigenvalue weighted by Gasteiger charge is -2.22. The summed E-state index contributed by atoms with van der Waals surface area (Å²) in [5.74, 6) is -1.05. The Balaban J connectivity index is 3.98. The van der Waals surface area contributed by atoms with Crippen LogP contribution in [0.4, 0.5) is 0 Å². The van der Waals surface area contributed by atoms with Gasteiger partial charge in [0.05, 0.1) is 6.54 Å². The Morgan fingerprint density at radius 1 is 1.10 bits per heavy atom. The summed E-state index contributed by atoms with van der Waals surface area (Å²) in [4.78, 5) is 34.8. The highest BCUT2D eigenvalue weighted by molar-refractivity contribution is 5.88. The van der Waals surface area contributed by atoms with Gasteiger partial charge in [-0.1, -0.05) is 19.8 Å². The van der Waals surface area contributed by atoms with E-state index in [1.807, 2.05) is 0 Å². The summed E-state index contributed by atoms with van der Waals surface area (Å²) in [7, 11) is 0. The molecule has 1 atom stereocenters. The first-order valence-electron chi connectivity index (χ1n) is 7.44. The highest BCUT2D eigenvalue weighted by atomic mass is 16.6. The van der Waals surface area contributed by atoms with Crippen LogP contribution in [-0.4, -0.2) is 36.0 Å². The zero-order chi connectivity index (χ0) is 16.5. The van der Waals surface area contributed by atoms with Crippen LogP contribution in [0.25, 0.3) is 0 Å². The van der Waals surface area contributed by atoms with Crippen LogP contribution in [0.15, 0.2) is 0 Å². The van der Waals surface area contributed by atoms with Crippen molar-refractivity contribution in [1.29, 1.82) is 0 Å². The average Bonchev–Trinajstić information content (AvgIpc) is 2.34. The molecule has 122 valence electrons. The molecule has 2 N–H and O–H groups in total. The van der Waals surface area contributed by atoms with E-state index >= 15 is 0 Å². The molecule has 0 bridgehead atoms. The Kier molecular flexibility index (Phi) is 8.66. The zero-order valence-corrected chi connectivity index (χ0v) is 13.7. The maximum Gasteiger partial charge on any atom is 0.328 e. The first-order valence-corrected chi connectivity index (χ1v) is 7.44. The zero-order valence-electron chi connectivity index (χ0n) is 13.7. The molecule has 0 aromatic rings. The lowest BCUT2D eigenvalue weighted by molar-refractivity contribution is -0.158. The van der Waals surface area contributed by atoms with Crippen molar-refractivity contribution in [2.45, 2.75) is 71.9 Å². The third kappa shape index (κ3) is 10.8. The monoisotopic (exact) mass is 300 g/mol. The number of carbonyl (C=O) groups excluding carboxylic acids is 3. The molecular weight excluding hydrogens is 272 g/mol. The molecule has 0 saturated heterocycles. The van der Waals surface area contributed by atoms with E-state index in [0.29, 0.717) is 6.42 Å². The molecule has 0 aromatic heterocycles. The predicted octanol–water partition coefficient (Wildman–Crippen LogP) is 1.53. The molecule has 21 heavy (non-hydrogen) atoms. The summed E-state index contributed by atoms with van der Waals surface area (Å²) in [6, 6.07) is -0.742. The summed E-state index contributed by atoms with van der Waals surface area (Å²) in [5, 5.41) is 5.03. The number of hydrogen-bond acceptors (Lipinski definition) is 4. The summed E-state index contributed by atoms with van der Waals surface area (Å²) in [6.45, 7) is 8.76. The van der Waals surface area contributed by atoms with Gasteiger partial charge in [-0.05, 0) is 34.1 Å². The number of amides is 2. The highest BCUT2D eigenvalue weighted by Crippen LogP contribution is 2.08. The normalized spacial score (nSPS) is 12.4. The highest BCUT2D eigenvalue weighted by Gasteiger charge is 2.22. The molecule has 6 nitrogen and oxygen atoms in total. The van der Waals surface area contributed by atoms with E-state index in [0.717, 1.165) is 19.3 Å². The average molecular weight is 300 g/mol. The van der Waals surface area contributed by atoms with Crippen LogP contribution in [-0.2, 0) is 19.1 Å². The topological polar surface area (TPSA) is 84.5 Å². The number of unbranched alkanes of at least 4 members (excludes halogenated alkanes) is 2. The lowest BCUT2D eigenvalue weighted by atomic mass is 10.2. The van der Waals surface area contributed by atoms with Crippen LogP contribution in [0.1, 0.15) is 60.3 Å². The summed E-state index contributed by atoms with van der Waals surface area (Å²) < 4.78 is 5.15. The van der Waals surface area contributed by atoms with Gasteiger partial charge in [0.25, 0.3) is 0 Å². The minimum absolute atomic E-state index is 0.127. The molecule has 1 unspecified atom stereocenters. The van der Waals surface area contributed by atoms with Gasteiger partial charge < -0.3 is 15.4 Å². The molecule has 0 aliphatic rings. The first kappa shape index (κ1) is 19.4. The molecule has 6 heteroatoms. The molecule has 0 spiro atoms. The van der Waals surface area contributed by atoms with Crippen molar-refractivity contribution >= 4 is 17.8 Å². The van der Waals surface area contributed by atoms with Gasteiger partial charge in [-0.2, -0.15) is 0 Å². The first-order chi connectivity index (χ1) is 9.65. The van der Waals surface area contributed by atoms with E-state index < -0.39 is 23.5 Å². The number of carbonyl (C=O) groups is 3. The van der Waals surface area contributed by atoms with E-state index in [-0.39, 0.29) is 12.5 Å². The molecular formula is C15H28N2O4. The quantitative estimate of drug-likeness (QED) is 0.526. The minimum Gasteiger partial charge on any atom is -0.458 e. The smallest absolute Gasteiger partial charge is 0.328 e. The van der Waals surface area contributed by atoms with Crippen LogP contribution in [0, 0.1) is 0 Å². The fraction of sp³-hybridized carbons (Fsp3) is 0.800. The van der Waals surface area contributed by atoms with E-state index in [1.54, 1.807) is 27.7 Å². The second kappa shape index (κ2) is 9.37. The van der Waals surface area contributed by atoms with E-state index in [1.165, 1.54) is 0 Å². The fourth-order valence-corrected chi connectivity index (χ4v) is 1.54. The Morgan fingerprint density at radius 3 is 2.24 bits per heavy atom. The molecule has 0 aliphatic carbocycles. The van der Waals surface area contributed by atoms with Gasteiger partial charge in [0.15, 0.2) is 0 Å². The van der Waals surface area contributed by atoms with Gasteiger partial charge in [0.2, 0.25) is 11.8 Å². The van der Waals surface area contributed by atoms with E-state index in [9.17, 15) is 14.4 Å². The molecule has 0 fully saturated rings. The molecule has 2 amide bonds. The van der Waals surface area contributed by atoms with Crippen LogP contribution < -0.4 is 10.6 Å². The molecule has 0 heterocycles. The van der Waals surface area contributed by atoms with Gasteiger partial charge >= 0.3 is 5.97 Å².